The molecule has 1 saturated heterocycles. The minimum absolute atomic E-state index is 0. The second-order valence-corrected chi connectivity index (χ2v) is 7.59. The zero-order valence-corrected chi connectivity index (χ0v) is 21.3. The Morgan fingerprint density at radius 2 is 1.97 bits per heavy atom. The van der Waals surface area contributed by atoms with Crippen molar-refractivity contribution in [2.75, 3.05) is 58.9 Å². The molecule has 3 rings (SSSR count). The monoisotopic (exact) mass is 552 g/mol. The Morgan fingerprint density at radius 3 is 2.69 bits per heavy atom. The van der Waals surface area contributed by atoms with Gasteiger partial charge < -0.3 is 25.2 Å². The first kappa shape index (κ1) is 25.9. The van der Waals surface area contributed by atoms with Crippen LogP contribution in [0.5, 0.6) is 0 Å². The maximum atomic E-state index is 12.2. The van der Waals surface area contributed by atoms with Gasteiger partial charge in [-0.15, -0.1) is 24.0 Å². The summed E-state index contributed by atoms with van der Waals surface area (Å²) < 4.78 is 5.45. The standard InChI is InChI=1S/C23H32N6O2.HI/c1-24-23(26-11-9-18-6-4-7-19(16-18)22(30)28(2)3)27-17-20-8-5-10-25-21(20)29-12-14-31-15-13-29;/h4-8,10,16H,9,11-15,17H2,1-3H3,(H2,24,26,27);1H. The number of anilines is 1. The molecule has 1 aromatic carbocycles. The number of ether oxygens (including phenoxy) is 1. The lowest BCUT2D eigenvalue weighted by Crippen LogP contribution is -2.40. The maximum Gasteiger partial charge on any atom is 0.253 e. The number of hydrogen-bond donors (Lipinski definition) is 2. The molecule has 2 N–H and O–H groups in total. The average Bonchev–Trinajstić information content (AvgIpc) is 2.81. The molecule has 0 saturated carbocycles. The van der Waals surface area contributed by atoms with Gasteiger partial charge in [-0.2, -0.15) is 0 Å². The third kappa shape index (κ3) is 7.33. The van der Waals surface area contributed by atoms with Crippen LogP contribution in [-0.2, 0) is 17.7 Å². The zero-order valence-electron chi connectivity index (χ0n) is 19.0. The Balaban J connectivity index is 0.00000363. The van der Waals surface area contributed by atoms with Gasteiger partial charge in [-0.1, -0.05) is 18.2 Å². The second-order valence-electron chi connectivity index (χ2n) is 7.59. The molecular weight excluding hydrogens is 519 g/mol. The number of pyridine rings is 1. The fourth-order valence-electron chi connectivity index (χ4n) is 3.47. The molecule has 1 amide bonds. The van der Waals surface area contributed by atoms with Gasteiger partial charge in [0.15, 0.2) is 5.96 Å². The zero-order chi connectivity index (χ0) is 22.1. The number of benzene rings is 1. The highest BCUT2D eigenvalue weighted by atomic mass is 127. The molecule has 32 heavy (non-hydrogen) atoms. The van der Waals surface area contributed by atoms with Crippen molar-refractivity contribution < 1.29 is 9.53 Å². The molecule has 0 atom stereocenters. The third-order valence-corrected chi connectivity index (χ3v) is 5.13. The summed E-state index contributed by atoms with van der Waals surface area (Å²) in [4.78, 5) is 24.9. The van der Waals surface area contributed by atoms with Crippen LogP contribution in [0.15, 0.2) is 47.6 Å². The first-order chi connectivity index (χ1) is 15.1. The van der Waals surface area contributed by atoms with Crippen LogP contribution in [-0.4, -0.2) is 75.7 Å². The van der Waals surface area contributed by atoms with Gasteiger partial charge in [-0.05, 0) is 30.2 Å². The van der Waals surface area contributed by atoms with Crippen molar-refractivity contribution in [3.8, 4) is 0 Å². The highest BCUT2D eigenvalue weighted by Crippen LogP contribution is 2.18. The summed E-state index contributed by atoms with van der Waals surface area (Å²) in [6, 6.07) is 11.8. The molecule has 0 spiro atoms. The SMILES string of the molecule is CN=C(NCCc1cccc(C(=O)N(C)C)c1)NCc1cccnc1N1CCOCC1.I. The molecule has 0 radical (unpaired) electrons. The summed E-state index contributed by atoms with van der Waals surface area (Å²) in [5, 5.41) is 6.72. The number of nitrogens with one attached hydrogen (secondary N) is 2. The van der Waals surface area contributed by atoms with Gasteiger partial charge in [0.1, 0.15) is 5.82 Å². The minimum Gasteiger partial charge on any atom is -0.378 e. The van der Waals surface area contributed by atoms with Crippen molar-refractivity contribution in [1.29, 1.82) is 0 Å². The van der Waals surface area contributed by atoms with E-state index in [1.54, 1.807) is 26.0 Å². The molecule has 174 valence electrons. The summed E-state index contributed by atoms with van der Waals surface area (Å²) in [7, 11) is 5.29. The number of aliphatic imine (C=N–C) groups is 1. The van der Waals surface area contributed by atoms with Crippen LogP contribution in [0, 0.1) is 0 Å². The number of hydrogen-bond acceptors (Lipinski definition) is 5. The lowest BCUT2D eigenvalue weighted by Gasteiger charge is -2.29. The number of carbonyl (C=O) groups excluding carboxylic acids is 1. The van der Waals surface area contributed by atoms with E-state index < -0.39 is 0 Å². The number of nitrogens with zero attached hydrogens (tertiary/aromatic N) is 4. The van der Waals surface area contributed by atoms with Crippen molar-refractivity contribution in [2.45, 2.75) is 13.0 Å². The van der Waals surface area contributed by atoms with Crippen LogP contribution in [0.2, 0.25) is 0 Å². The predicted molar refractivity (Wildman–Crippen MR) is 139 cm³/mol. The molecule has 8 nitrogen and oxygen atoms in total. The Bertz CT molecular complexity index is 900. The molecule has 9 heteroatoms. The first-order valence-corrected chi connectivity index (χ1v) is 10.6. The summed E-state index contributed by atoms with van der Waals surface area (Å²) in [5.41, 5.74) is 2.94. The largest absolute Gasteiger partial charge is 0.378 e. The molecule has 1 fully saturated rings. The molecule has 1 aliphatic rings. The van der Waals surface area contributed by atoms with E-state index in [9.17, 15) is 4.79 Å². The lowest BCUT2D eigenvalue weighted by atomic mass is 10.1. The van der Waals surface area contributed by atoms with E-state index >= 15 is 0 Å². The van der Waals surface area contributed by atoms with Crippen LogP contribution in [0.1, 0.15) is 21.5 Å². The van der Waals surface area contributed by atoms with E-state index in [-0.39, 0.29) is 29.9 Å². The Morgan fingerprint density at radius 1 is 1.19 bits per heavy atom. The molecule has 1 aliphatic heterocycles. The molecule has 0 unspecified atom stereocenters. The van der Waals surface area contributed by atoms with Gasteiger partial charge in [0.05, 0.1) is 13.2 Å². The van der Waals surface area contributed by atoms with Crippen LogP contribution in [0.25, 0.3) is 0 Å². The van der Waals surface area contributed by atoms with Crippen LogP contribution < -0.4 is 15.5 Å². The Hall–Kier alpha value is -2.40. The first-order valence-electron chi connectivity index (χ1n) is 10.6. The van der Waals surface area contributed by atoms with Gasteiger partial charge in [0, 0.05) is 64.6 Å². The van der Waals surface area contributed by atoms with Gasteiger partial charge in [0.2, 0.25) is 0 Å². The van der Waals surface area contributed by atoms with E-state index in [4.69, 9.17) is 4.74 Å². The van der Waals surface area contributed by atoms with Crippen molar-refractivity contribution in [3.63, 3.8) is 0 Å². The Kier molecular flexibility index (Phi) is 10.7. The van der Waals surface area contributed by atoms with Crippen molar-refractivity contribution in [1.82, 2.24) is 20.5 Å². The van der Waals surface area contributed by atoms with Crippen molar-refractivity contribution in [2.24, 2.45) is 4.99 Å². The fraction of sp³-hybridized carbons (Fsp3) is 0.435. The molecule has 0 aliphatic carbocycles. The molecule has 1 aromatic heterocycles. The van der Waals surface area contributed by atoms with Gasteiger partial charge in [0.25, 0.3) is 5.91 Å². The third-order valence-electron chi connectivity index (χ3n) is 5.13. The highest BCUT2D eigenvalue weighted by Gasteiger charge is 2.16. The number of amides is 1. The van der Waals surface area contributed by atoms with Crippen molar-refractivity contribution in [3.05, 3.63) is 59.3 Å². The minimum atomic E-state index is 0. The topological polar surface area (TPSA) is 82.1 Å². The van der Waals surface area contributed by atoms with Gasteiger partial charge >= 0.3 is 0 Å². The predicted octanol–water partition coefficient (Wildman–Crippen LogP) is 2.15. The van der Waals surface area contributed by atoms with Crippen LogP contribution >= 0.6 is 24.0 Å². The van der Waals surface area contributed by atoms with Gasteiger partial charge in [-0.3, -0.25) is 9.79 Å². The van der Waals surface area contributed by atoms with Gasteiger partial charge in [-0.25, -0.2) is 4.98 Å². The second kappa shape index (κ2) is 13.2. The lowest BCUT2D eigenvalue weighted by molar-refractivity contribution is 0.0827. The molecular formula is C23H33IN6O2. The highest BCUT2D eigenvalue weighted by molar-refractivity contribution is 14.0. The smallest absolute Gasteiger partial charge is 0.253 e. The van der Waals surface area contributed by atoms with E-state index in [1.165, 1.54) is 0 Å². The van der Waals surface area contributed by atoms with Crippen molar-refractivity contribution >= 4 is 41.7 Å². The normalized spacial score (nSPS) is 13.8. The molecule has 2 aromatic rings. The molecule has 0 bridgehead atoms. The summed E-state index contributed by atoms with van der Waals surface area (Å²) >= 11 is 0. The van der Waals surface area contributed by atoms with Crippen LogP contribution in [0.3, 0.4) is 0 Å². The number of morpholine rings is 1. The summed E-state index contributed by atoms with van der Waals surface area (Å²) in [6.45, 7) is 4.51. The fourth-order valence-corrected chi connectivity index (χ4v) is 3.47. The quantitative estimate of drug-likeness (QED) is 0.312. The number of aromatic nitrogens is 1. The average molecular weight is 552 g/mol. The summed E-state index contributed by atoms with van der Waals surface area (Å²) in [5.74, 6) is 1.74. The van der Waals surface area contributed by atoms with E-state index in [1.807, 2.05) is 36.5 Å². The number of carbonyl (C=O) groups is 1. The van der Waals surface area contributed by atoms with E-state index in [0.29, 0.717) is 18.7 Å². The Labute approximate surface area is 207 Å². The number of rotatable bonds is 7. The number of halogens is 1. The van der Waals surface area contributed by atoms with Crippen LogP contribution in [0.4, 0.5) is 5.82 Å². The number of guanidine groups is 1. The maximum absolute atomic E-state index is 12.2. The summed E-state index contributed by atoms with van der Waals surface area (Å²) in [6.07, 6.45) is 2.62. The van der Waals surface area contributed by atoms with E-state index in [0.717, 1.165) is 55.6 Å². The molecule has 2 heterocycles. The van der Waals surface area contributed by atoms with E-state index in [2.05, 4.69) is 31.6 Å².